The molecular weight excluding hydrogens is 276 g/mol. The molecule has 2 aromatic carbocycles. The van der Waals surface area contributed by atoms with Crippen LogP contribution in [0.1, 0.15) is 19.8 Å². The number of rotatable bonds is 8. The topological polar surface area (TPSA) is 50.4 Å². The molecule has 0 saturated carbocycles. The highest BCUT2D eigenvalue weighted by atomic mass is 16.5. The minimum Gasteiger partial charge on any atom is -0.491 e. The molecule has 2 aromatic rings. The molecule has 116 valence electrons. The number of hydrogen-bond donors (Lipinski definition) is 2. The summed E-state index contributed by atoms with van der Waals surface area (Å²) < 4.78 is 5.71. The molecule has 0 fully saturated rings. The van der Waals surface area contributed by atoms with Gasteiger partial charge in [0.05, 0.1) is 18.8 Å². The fourth-order valence-corrected chi connectivity index (χ4v) is 1.95. The van der Waals surface area contributed by atoms with Crippen LogP contribution in [-0.4, -0.2) is 19.1 Å². The molecule has 0 aliphatic heterocycles. The van der Waals surface area contributed by atoms with Gasteiger partial charge in [-0.3, -0.25) is 4.79 Å². The van der Waals surface area contributed by atoms with Gasteiger partial charge in [0.2, 0.25) is 5.91 Å². The van der Waals surface area contributed by atoms with E-state index in [-0.39, 0.29) is 12.5 Å². The Balaban J connectivity index is 1.88. The van der Waals surface area contributed by atoms with Crippen LogP contribution in [-0.2, 0) is 4.79 Å². The maximum Gasteiger partial charge on any atom is 0.243 e. The van der Waals surface area contributed by atoms with E-state index in [0.29, 0.717) is 18.0 Å². The molecule has 4 nitrogen and oxygen atoms in total. The molecule has 0 atom stereocenters. The molecule has 2 rings (SSSR count). The van der Waals surface area contributed by atoms with E-state index in [9.17, 15) is 4.79 Å². The number of ether oxygens (including phenoxy) is 1. The van der Waals surface area contributed by atoms with Crippen molar-refractivity contribution in [2.24, 2.45) is 0 Å². The predicted octanol–water partition coefficient (Wildman–Crippen LogP) is 3.92. The summed E-state index contributed by atoms with van der Waals surface area (Å²) in [5.74, 6) is 0.611. The van der Waals surface area contributed by atoms with Crippen molar-refractivity contribution >= 4 is 17.3 Å². The minimum absolute atomic E-state index is 0.101. The number of carbonyl (C=O) groups is 1. The summed E-state index contributed by atoms with van der Waals surface area (Å²) in [6, 6.07) is 17.1. The Bertz CT molecular complexity index is 585. The number of carbonyl (C=O) groups excluding carboxylic acids is 1. The van der Waals surface area contributed by atoms with Crippen molar-refractivity contribution in [3.8, 4) is 5.75 Å². The Labute approximate surface area is 131 Å². The van der Waals surface area contributed by atoms with Crippen LogP contribution in [0.4, 0.5) is 11.4 Å². The molecule has 0 aliphatic rings. The van der Waals surface area contributed by atoms with Crippen LogP contribution in [0.25, 0.3) is 0 Å². The monoisotopic (exact) mass is 298 g/mol. The molecule has 0 spiro atoms. The molecule has 0 unspecified atom stereocenters. The molecule has 0 bridgehead atoms. The van der Waals surface area contributed by atoms with Crippen LogP contribution >= 0.6 is 0 Å². The molecule has 0 heterocycles. The van der Waals surface area contributed by atoms with Crippen molar-refractivity contribution in [1.29, 1.82) is 0 Å². The van der Waals surface area contributed by atoms with Crippen molar-refractivity contribution < 1.29 is 9.53 Å². The zero-order valence-corrected chi connectivity index (χ0v) is 12.8. The van der Waals surface area contributed by atoms with Crippen LogP contribution in [0.15, 0.2) is 54.6 Å². The molecule has 22 heavy (non-hydrogen) atoms. The van der Waals surface area contributed by atoms with E-state index in [1.54, 1.807) is 0 Å². The van der Waals surface area contributed by atoms with Gasteiger partial charge in [-0.25, -0.2) is 0 Å². The third-order valence-electron chi connectivity index (χ3n) is 3.14. The number of hydrogen-bond acceptors (Lipinski definition) is 3. The lowest BCUT2D eigenvalue weighted by Crippen LogP contribution is -2.22. The molecular formula is C18H22N2O2. The first-order valence-electron chi connectivity index (χ1n) is 7.60. The largest absolute Gasteiger partial charge is 0.491 e. The lowest BCUT2D eigenvalue weighted by atomic mass is 10.3. The number of para-hydroxylation sites is 3. The maximum absolute atomic E-state index is 12.0. The second-order valence-electron chi connectivity index (χ2n) is 4.97. The van der Waals surface area contributed by atoms with Crippen molar-refractivity contribution in [3.05, 3.63) is 54.6 Å². The maximum atomic E-state index is 12.0. The first kappa shape index (κ1) is 15.9. The Hall–Kier alpha value is -2.49. The first-order chi connectivity index (χ1) is 10.8. The summed E-state index contributed by atoms with van der Waals surface area (Å²) in [5, 5.41) is 5.96. The zero-order valence-electron chi connectivity index (χ0n) is 12.8. The predicted molar refractivity (Wildman–Crippen MR) is 90.4 cm³/mol. The number of unbranched alkanes of at least 4 members (excludes halogenated alkanes) is 1. The molecule has 2 N–H and O–H groups in total. The smallest absolute Gasteiger partial charge is 0.243 e. The van der Waals surface area contributed by atoms with Gasteiger partial charge in [0.25, 0.3) is 0 Å². The molecule has 0 aliphatic carbocycles. The number of nitrogens with one attached hydrogen (secondary N) is 2. The Morgan fingerprint density at radius 2 is 1.77 bits per heavy atom. The van der Waals surface area contributed by atoms with Gasteiger partial charge >= 0.3 is 0 Å². The SMILES string of the molecule is CCCCOc1ccccc1NC(=O)CNc1ccccc1. The van der Waals surface area contributed by atoms with Crippen molar-refractivity contribution in [1.82, 2.24) is 0 Å². The highest BCUT2D eigenvalue weighted by Crippen LogP contribution is 2.23. The van der Waals surface area contributed by atoms with Gasteiger partial charge in [-0.05, 0) is 30.7 Å². The van der Waals surface area contributed by atoms with E-state index in [1.807, 2.05) is 54.6 Å². The molecule has 1 amide bonds. The van der Waals surface area contributed by atoms with Gasteiger partial charge in [-0.1, -0.05) is 43.7 Å². The fraction of sp³-hybridized carbons (Fsp3) is 0.278. The van der Waals surface area contributed by atoms with Gasteiger partial charge in [0.1, 0.15) is 5.75 Å². The summed E-state index contributed by atoms with van der Waals surface area (Å²) >= 11 is 0. The van der Waals surface area contributed by atoms with E-state index in [1.165, 1.54) is 0 Å². The Kier molecular flexibility index (Phi) is 6.30. The third kappa shape index (κ3) is 5.13. The van der Waals surface area contributed by atoms with Crippen molar-refractivity contribution in [3.63, 3.8) is 0 Å². The number of amides is 1. The molecule has 4 heteroatoms. The zero-order chi connectivity index (χ0) is 15.6. The summed E-state index contributed by atoms with van der Waals surface area (Å²) in [6.45, 7) is 2.99. The average molecular weight is 298 g/mol. The fourth-order valence-electron chi connectivity index (χ4n) is 1.95. The highest BCUT2D eigenvalue weighted by Gasteiger charge is 2.07. The van der Waals surface area contributed by atoms with Gasteiger partial charge in [0, 0.05) is 5.69 Å². The second kappa shape index (κ2) is 8.72. The third-order valence-corrected chi connectivity index (χ3v) is 3.14. The Morgan fingerprint density at radius 3 is 2.55 bits per heavy atom. The van der Waals surface area contributed by atoms with Gasteiger partial charge in [-0.2, -0.15) is 0 Å². The van der Waals surface area contributed by atoms with Gasteiger partial charge in [-0.15, -0.1) is 0 Å². The normalized spacial score (nSPS) is 10.0. The Morgan fingerprint density at radius 1 is 1.05 bits per heavy atom. The highest BCUT2D eigenvalue weighted by molar-refractivity contribution is 5.95. The average Bonchev–Trinajstić information content (AvgIpc) is 2.56. The van der Waals surface area contributed by atoms with Crippen LogP contribution in [0.2, 0.25) is 0 Å². The molecule has 0 saturated heterocycles. The van der Waals surface area contributed by atoms with E-state index in [0.717, 1.165) is 18.5 Å². The molecule has 0 radical (unpaired) electrons. The van der Waals surface area contributed by atoms with Crippen molar-refractivity contribution in [2.75, 3.05) is 23.8 Å². The van der Waals surface area contributed by atoms with E-state index >= 15 is 0 Å². The lowest BCUT2D eigenvalue weighted by molar-refractivity contribution is -0.114. The quantitative estimate of drug-likeness (QED) is 0.726. The second-order valence-corrected chi connectivity index (χ2v) is 4.97. The van der Waals surface area contributed by atoms with Crippen LogP contribution in [0, 0.1) is 0 Å². The van der Waals surface area contributed by atoms with Gasteiger partial charge < -0.3 is 15.4 Å². The summed E-state index contributed by atoms with van der Waals surface area (Å²) in [4.78, 5) is 12.0. The van der Waals surface area contributed by atoms with Crippen LogP contribution in [0.3, 0.4) is 0 Å². The van der Waals surface area contributed by atoms with Gasteiger partial charge in [0.15, 0.2) is 0 Å². The summed E-state index contributed by atoms with van der Waals surface area (Å²) in [5.41, 5.74) is 1.63. The van der Waals surface area contributed by atoms with Crippen LogP contribution in [0.5, 0.6) is 5.75 Å². The first-order valence-corrected chi connectivity index (χ1v) is 7.60. The minimum atomic E-state index is -0.101. The molecule has 0 aromatic heterocycles. The lowest BCUT2D eigenvalue weighted by Gasteiger charge is -2.12. The number of benzene rings is 2. The number of anilines is 2. The van der Waals surface area contributed by atoms with Crippen LogP contribution < -0.4 is 15.4 Å². The van der Waals surface area contributed by atoms with E-state index in [4.69, 9.17) is 4.74 Å². The van der Waals surface area contributed by atoms with E-state index in [2.05, 4.69) is 17.6 Å². The van der Waals surface area contributed by atoms with Crippen molar-refractivity contribution in [2.45, 2.75) is 19.8 Å². The standard InChI is InChI=1S/C18H22N2O2/c1-2-3-13-22-17-12-8-7-11-16(17)20-18(21)14-19-15-9-5-4-6-10-15/h4-12,19H,2-3,13-14H2,1H3,(H,20,21). The van der Waals surface area contributed by atoms with E-state index < -0.39 is 0 Å². The summed E-state index contributed by atoms with van der Waals surface area (Å²) in [6.07, 6.45) is 2.08. The summed E-state index contributed by atoms with van der Waals surface area (Å²) in [7, 11) is 0.